The van der Waals surface area contributed by atoms with Crippen LogP contribution < -0.4 is 0 Å². The number of rotatable bonds is 0. The van der Waals surface area contributed by atoms with E-state index >= 15 is 0 Å². The number of halogens is 1. The first-order chi connectivity index (χ1) is 6.31. The van der Waals surface area contributed by atoms with Gasteiger partial charge in [0, 0.05) is 5.39 Å². The molecule has 0 aliphatic carbocycles. The average molecular weight is 190 g/mol. The second-order valence-electron chi connectivity index (χ2n) is 2.47. The van der Waals surface area contributed by atoms with E-state index in [1.54, 1.807) is 6.07 Å². The zero-order valence-electron chi connectivity index (χ0n) is 6.53. The van der Waals surface area contributed by atoms with E-state index in [1.807, 2.05) is 24.3 Å². The van der Waals surface area contributed by atoms with Gasteiger partial charge < -0.3 is 0 Å². The molecule has 4 heteroatoms. The van der Waals surface area contributed by atoms with E-state index in [1.165, 1.54) is 0 Å². The van der Waals surface area contributed by atoms with Gasteiger partial charge in [-0.15, -0.1) is 0 Å². The standard InChI is InChI=1S/C9H4ClN3/c10-9-6-3-1-2-4-7(6)12-8(5-11)13-9/h1-4H. The van der Waals surface area contributed by atoms with Crippen LogP contribution in [-0.2, 0) is 0 Å². The number of fused-ring (bicyclic) bond motifs is 1. The van der Waals surface area contributed by atoms with E-state index in [0.29, 0.717) is 10.7 Å². The minimum Gasteiger partial charge on any atom is -0.219 e. The van der Waals surface area contributed by atoms with Crippen LogP contribution in [0, 0.1) is 11.3 Å². The van der Waals surface area contributed by atoms with Gasteiger partial charge in [0.15, 0.2) is 0 Å². The summed E-state index contributed by atoms with van der Waals surface area (Å²) in [5.41, 5.74) is 0.694. The second kappa shape index (κ2) is 3.00. The molecule has 0 spiro atoms. The molecule has 0 N–H and O–H groups in total. The maximum atomic E-state index is 8.59. The summed E-state index contributed by atoms with van der Waals surface area (Å²) in [6.45, 7) is 0. The van der Waals surface area contributed by atoms with Crippen molar-refractivity contribution in [1.82, 2.24) is 9.97 Å². The van der Waals surface area contributed by atoms with E-state index in [9.17, 15) is 0 Å². The molecule has 0 aliphatic rings. The SMILES string of the molecule is N#Cc1nc(Cl)c2ccccc2n1. The molecule has 0 atom stereocenters. The molecule has 0 saturated carbocycles. The van der Waals surface area contributed by atoms with Crippen molar-refractivity contribution in [2.24, 2.45) is 0 Å². The molecule has 0 radical (unpaired) electrons. The van der Waals surface area contributed by atoms with Crippen LogP contribution in [0.5, 0.6) is 0 Å². The molecule has 0 fully saturated rings. The van der Waals surface area contributed by atoms with Crippen molar-refractivity contribution in [3.63, 3.8) is 0 Å². The molecular weight excluding hydrogens is 186 g/mol. The highest BCUT2D eigenvalue weighted by Gasteiger charge is 2.03. The zero-order valence-corrected chi connectivity index (χ0v) is 7.28. The smallest absolute Gasteiger partial charge is 0.219 e. The Morgan fingerprint density at radius 2 is 2.00 bits per heavy atom. The average Bonchev–Trinajstić information content (AvgIpc) is 2.18. The summed E-state index contributed by atoms with van der Waals surface area (Å²) in [4.78, 5) is 7.81. The van der Waals surface area contributed by atoms with Crippen molar-refractivity contribution in [1.29, 1.82) is 5.26 Å². The highest BCUT2D eigenvalue weighted by atomic mass is 35.5. The van der Waals surface area contributed by atoms with Crippen LogP contribution in [-0.4, -0.2) is 9.97 Å². The number of aromatic nitrogens is 2. The first kappa shape index (κ1) is 7.96. The minimum absolute atomic E-state index is 0.101. The van der Waals surface area contributed by atoms with Gasteiger partial charge in [-0.25, -0.2) is 9.97 Å². The predicted octanol–water partition coefficient (Wildman–Crippen LogP) is 2.15. The molecule has 0 amide bonds. The molecule has 1 aromatic heterocycles. The molecule has 0 bridgehead atoms. The van der Waals surface area contributed by atoms with Gasteiger partial charge in [0.05, 0.1) is 5.52 Å². The van der Waals surface area contributed by atoms with Gasteiger partial charge >= 0.3 is 0 Å². The summed E-state index contributed by atoms with van der Waals surface area (Å²) in [5.74, 6) is 0.101. The Bertz CT molecular complexity index is 502. The summed E-state index contributed by atoms with van der Waals surface area (Å²) in [6, 6.07) is 9.16. The number of benzene rings is 1. The van der Waals surface area contributed by atoms with Crippen molar-refractivity contribution in [2.75, 3.05) is 0 Å². The van der Waals surface area contributed by atoms with Gasteiger partial charge in [-0.2, -0.15) is 5.26 Å². The van der Waals surface area contributed by atoms with E-state index in [2.05, 4.69) is 9.97 Å². The second-order valence-corrected chi connectivity index (χ2v) is 2.82. The Morgan fingerprint density at radius 1 is 1.23 bits per heavy atom. The molecule has 0 unspecified atom stereocenters. The third kappa shape index (κ3) is 1.32. The van der Waals surface area contributed by atoms with Crippen LogP contribution in [0.1, 0.15) is 5.82 Å². The lowest BCUT2D eigenvalue weighted by Gasteiger charge is -1.97. The van der Waals surface area contributed by atoms with Crippen molar-refractivity contribution in [3.05, 3.63) is 35.2 Å². The molecule has 2 aromatic rings. The maximum absolute atomic E-state index is 8.59. The van der Waals surface area contributed by atoms with E-state index in [0.717, 1.165) is 5.39 Å². The van der Waals surface area contributed by atoms with Crippen LogP contribution in [0.2, 0.25) is 5.15 Å². The normalized spacial score (nSPS) is 9.85. The largest absolute Gasteiger partial charge is 0.234 e. The van der Waals surface area contributed by atoms with Crippen molar-refractivity contribution in [2.45, 2.75) is 0 Å². The third-order valence-corrected chi connectivity index (χ3v) is 1.94. The molecule has 13 heavy (non-hydrogen) atoms. The van der Waals surface area contributed by atoms with Crippen molar-refractivity contribution < 1.29 is 0 Å². The van der Waals surface area contributed by atoms with Gasteiger partial charge in [-0.1, -0.05) is 23.7 Å². The molecular formula is C9H4ClN3. The van der Waals surface area contributed by atoms with E-state index < -0.39 is 0 Å². The summed E-state index contributed by atoms with van der Waals surface area (Å²) < 4.78 is 0. The number of nitrogens with zero attached hydrogens (tertiary/aromatic N) is 3. The molecule has 0 aliphatic heterocycles. The number of hydrogen-bond donors (Lipinski definition) is 0. The maximum Gasteiger partial charge on any atom is 0.234 e. The predicted molar refractivity (Wildman–Crippen MR) is 49.3 cm³/mol. The summed E-state index contributed by atoms with van der Waals surface area (Å²) in [6.07, 6.45) is 0. The molecule has 2 rings (SSSR count). The van der Waals surface area contributed by atoms with Crippen LogP contribution in [0.4, 0.5) is 0 Å². The van der Waals surface area contributed by atoms with Crippen LogP contribution in [0.25, 0.3) is 10.9 Å². The number of para-hydroxylation sites is 1. The first-order valence-electron chi connectivity index (χ1n) is 3.63. The fourth-order valence-electron chi connectivity index (χ4n) is 1.09. The lowest BCUT2D eigenvalue weighted by Crippen LogP contribution is -1.90. The Hall–Kier alpha value is -1.66. The first-order valence-corrected chi connectivity index (χ1v) is 4.01. The summed E-state index contributed by atoms with van der Waals surface area (Å²) in [7, 11) is 0. The third-order valence-electron chi connectivity index (χ3n) is 1.66. The van der Waals surface area contributed by atoms with Gasteiger partial charge in [0.1, 0.15) is 11.2 Å². The Labute approximate surface area is 79.6 Å². The molecule has 62 valence electrons. The molecule has 0 saturated heterocycles. The molecule has 1 heterocycles. The van der Waals surface area contributed by atoms with Crippen LogP contribution in [0.15, 0.2) is 24.3 Å². The molecule has 1 aromatic carbocycles. The summed E-state index contributed by atoms with van der Waals surface area (Å²) in [5, 5.41) is 9.68. The highest BCUT2D eigenvalue weighted by molar-refractivity contribution is 6.34. The number of nitriles is 1. The van der Waals surface area contributed by atoms with E-state index in [4.69, 9.17) is 16.9 Å². The Morgan fingerprint density at radius 3 is 2.77 bits per heavy atom. The minimum atomic E-state index is 0.101. The Kier molecular flexibility index (Phi) is 1.84. The molecule has 3 nitrogen and oxygen atoms in total. The zero-order chi connectivity index (χ0) is 9.26. The van der Waals surface area contributed by atoms with E-state index in [-0.39, 0.29) is 5.82 Å². The van der Waals surface area contributed by atoms with Crippen LogP contribution >= 0.6 is 11.6 Å². The van der Waals surface area contributed by atoms with Gasteiger partial charge in [-0.3, -0.25) is 0 Å². The quantitative estimate of drug-likeness (QED) is 0.597. The fourth-order valence-corrected chi connectivity index (χ4v) is 1.33. The van der Waals surface area contributed by atoms with Gasteiger partial charge in [0.25, 0.3) is 0 Å². The van der Waals surface area contributed by atoms with Crippen molar-refractivity contribution in [3.8, 4) is 6.07 Å². The fraction of sp³-hybridized carbons (Fsp3) is 0. The van der Waals surface area contributed by atoms with Gasteiger partial charge in [0.2, 0.25) is 5.82 Å². The van der Waals surface area contributed by atoms with Crippen LogP contribution in [0.3, 0.4) is 0 Å². The Balaban J connectivity index is 2.86. The summed E-state index contributed by atoms with van der Waals surface area (Å²) >= 11 is 5.84. The topological polar surface area (TPSA) is 49.6 Å². The lowest BCUT2D eigenvalue weighted by molar-refractivity contribution is 1.16. The van der Waals surface area contributed by atoms with Gasteiger partial charge in [-0.05, 0) is 12.1 Å². The number of hydrogen-bond acceptors (Lipinski definition) is 3. The monoisotopic (exact) mass is 189 g/mol. The highest BCUT2D eigenvalue weighted by Crippen LogP contribution is 2.19. The van der Waals surface area contributed by atoms with Crippen molar-refractivity contribution >= 4 is 22.5 Å². The lowest BCUT2D eigenvalue weighted by atomic mass is 10.2.